The van der Waals surface area contributed by atoms with Crippen LogP contribution in [0, 0.1) is 0 Å². The molecule has 1 aromatic carbocycles. The van der Waals surface area contributed by atoms with Crippen molar-refractivity contribution in [1.29, 1.82) is 0 Å². The molecule has 0 atom stereocenters. The highest BCUT2D eigenvalue weighted by atomic mass is 32.1. The average Bonchev–Trinajstić information content (AvgIpc) is 2.89. The van der Waals surface area contributed by atoms with Crippen molar-refractivity contribution in [1.82, 2.24) is 10.3 Å². The smallest absolute Gasteiger partial charge is 0.123 e. The van der Waals surface area contributed by atoms with Crippen molar-refractivity contribution in [2.24, 2.45) is 0 Å². The highest BCUT2D eigenvalue weighted by molar-refractivity contribution is 7.15. The van der Waals surface area contributed by atoms with Gasteiger partial charge in [-0.1, -0.05) is 25.1 Å². The van der Waals surface area contributed by atoms with Gasteiger partial charge in [-0.2, -0.15) is 0 Å². The van der Waals surface area contributed by atoms with Gasteiger partial charge in [0.15, 0.2) is 0 Å². The molecule has 19 heavy (non-hydrogen) atoms. The molecule has 0 radical (unpaired) electrons. The third kappa shape index (κ3) is 4.13. The summed E-state index contributed by atoms with van der Waals surface area (Å²) >= 11 is 1.75. The normalized spacial score (nSPS) is 10.8. The van der Waals surface area contributed by atoms with Crippen LogP contribution in [-0.2, 0) is 17.9 Å². The molecule has 1 N–H and O–H groups in total. The number of benzene rings is 1. The largest absolute Gasteiger partial charge is 0.380 e. The number of rotatable bonds is 7. The van der Waals surface area contributed by atoms with E-state index in [9.17, 15) is 0 Å². The Bertz CT molecular complexity index is 510. The van der Waals surface area contributed by atoms with Crippen molar-refractivity contribution < 1.29 is 4.74 Å². The average molecular weight is 276 g/mol. The zero-order valence-corrected chi connectivity index (χ0v) is 12.3. The lowest BCUT2D eigenvalue weighted by atomic mass is 10.1. The van der Waals surface area contributed by atoms with Crippen LogP contribution in [0.2, 0.25) is 0 Å². The Morgan fingerprint density at radius 2 is 2.26 bits per heavy atom. The summed E-state index contributed by atoms with van der Waals surface area (Å²) in [5.74, 6) is 0. The second kappa shape index (κ2) is 7.38. The van der Waals surface area contributed by atoms with Crippen LogP contribution in [0.4, 0.5) is 0 Å². The molecule has 1 aromatic heterocycles. The molecule has 102 valence electrons. The molecule has 0 aliphatic heterocycles. The fourth-order valence-corrected chi connectivity index (χ4v) is 2.75. The molecule has 2 rings (SSSR count). The van der Waals surface area contributed by atoms with E-state index >= 15 is 0 Å². The Labute approximate surface area is 118 Å². The predicted molar refractivity (Wildman–Crippen MR) is 80.3 cm³/mol. The summed E-state index contributed by atoms with van der Waals surface area (Å²) in [6, 6.07) is 8.37. The van der Waals surface area contributed by atoms with E-state index < -0.39 is 0 Å². The van der Waals surface area contributed by atoms with Gasteiger partial charge in [-0.15, -0.1) is 11.3 Å². The first-order valence-electron chi connectivity index (χ1n) is 6.57. The van der Waals surface area contributed by atoms with Crippen LogP contribution in [-0.4, -0.2) is 18.6 Å². The Morgan fingerprint density at radius 1 is 1.37 bits per heavy atom. The van der Waals surface area contributed by atoms with E-state index in [0.717, 1.165) is 24.5 Å². The zero-order valence-electron chi connectivity index (χ0n) is 11.5. The number of nitrogens with one attached hydrogen (secondary N) is 1. The summed E-state index contributed by atoms with van der Waals surface area (Å²) in [5, 5.41) is 4.47. The molecule has 0 aliphatic carbocycles. The van der Waals surface area contributed by atoms with Crippen LogP contribution in [0.5, 0.6) is 0 Å². The van der Waals surface area contributed by atoms with Crippen molar-refractivity contribution in [3.05, 3.63) is 40.9 Å². The van der Waals surface area contributed by atoms with Gasteiger partial charge in [0.1, 0.15) is 5.01 Å². The third-order valence-corrected chi connectivity index (χ3v) is 3.81. The SMILES string of the molecule is CCCNCc1cnc(-c2cccc(COC)c2)s1. The number of hydrogen-bond acceptors (Lipinski definition) is 4. The Balaban J connectivity index is 2.07. The molecule has 1 heterocycles. The van der Waals surface area contributed by atoms with E-state index in [2.05, 4.69) is 41.5 Å². The molecule has 2 aromatic rings. The number of nitrogens with zero attached hydrogens (tertiary/aromatic N) is 1. The molecule has 0 saturated carbocycles. The van der Waals surface area contributed by atoms with Crippen LogP contribution in [0.1, 0.15) is 23.8 Å². The van der Waals surface area contributed by atoms with Crippen LogP contribution < -0.4 is 5.32 Å². The Morgan fingerprint density at radius 3 is 3.05 bits per heavy atom. The molecular weight excluding hydrogens is 256 g/mol. The molecule has 0 saturated heterocycles. The van der Waals surface area contributed by atoms with Gasteiger partial charge in [-0.05, 0) is 24.6 Å². The zero-order chi connectivity index (χ0) is 13.5. The minimum Gasteiger partial charge on any atom is -0.380 e. The minimum atomic E-state index is 0.643. The van der Waals surface area contributed by atoms with Gasteiger partial charge in [0.05, 0.1) is 6.61 Å². The highest BCUT2D eigenvalue weighted by Gasteiger charge is 2.05. The van der Waals surface area contributed by atoms with Crippen LogP contribution in [0.3, 0.4) is 0 Å². The first kappa shape index (κ1) is 14.2. The molecular formula is C15H20N2OS. The van der Waals surface area contributed by atoms with Gasteiger partial charge in [0, 0.05) is 30.3 Å². The number of hydrogen-bond donors (Lipinski definition) is 1. The van der Waals surface area contributed by atoms with Crippen molar-refractivity contribution in [2.75, 3.05) is 13.7 Å². The van der Waals surface area contributed by atoms with E-state index in [1.54, 1.807) is 18.4 Å². The van der Waals surface area contributed by atoms with Crippen molar-refractivity contribution >= 4 is 11.3 Å². The maximum absolute atomic E-state index is 5.16. The van der Waals surface area contributed by atoms with Crippen LogP contribution in [0.25, 0.3) is 10.6 Å². The maximum Gasteiger partial charge on any atom is 0.123 e. The summed E-state index contributed by atoms with van der Waals surface area (Å²) in [4.78, 5) is 5.78. The van der Waals surface area contributed by atoms with Crippen LogP contribution >= 0.6 is 11.3 Å². The van der Waals surface area contributed by atoms with Crippen molar-refractivity contribution in [3.63, 3.8) is 0 Å². The van der Waals surface area contributed by atoms with Crippen molar-refractivity contribution in [3.8, 4) is 10.6 Å². The summed E-state index contributed by atoms with van der Waals surface area (Å²) < 4.78 is 5.16. The van der Waals surface area contributed by atoms with Gasteiger partial charge >= 0.3 is 0 Å². The summed E-state index contributed by atoms with van der Waals surface area (Å²) in [7, 11) is 1.72. The van der Waals surface area contributed by atoms with E-state index in [-0.39, 0.29) is 0 Å². The van der Waals surface area contributed by atoms with E-state index in [0.29, 0.717) is 6.61 Å². The number of aromatic nitrogens is 1. The van der Waals surface area contributed by atoms with Gasteiger partial charge in [0.2, 0.25) is 0 Å². The first-order valence-corrected chi connectivity index (χ1v) is 7.38. The number of ether oxygens (including phenoxy) is 1. The van der Waals surface area contributed by atoms with Gasteiger partial charge in [0.25, 0.3) is 0 Å². The maximum atomic E-state index is 5.16. The fraction of sp³-hybridized carbons (Fsp3) is 0.400. The lowest BCUT2D eigenvalue weighted by Crippen LogP contribution is -2.12. The second-order valence-corrected chi connectivity index (χ2v) is 5.56. The van der Waals surface area contributed by atoms with E-state index in [1.807, 2.05) is 6.20 Å². The van der Waals surface area contributed by atoms with Gasteiger partial charge in [-0.3, -0.25) is 0 Å². The fourth-order valence-electron chi connectivity index (χ4n) is 1.87. The summed E-state index contributed by atoms with van der Waals surface area (Å²) in [6.07, 6.45) is 3.12. The molecule has 0 amide bonds. The van der Waals surface area contributed by atoms with Gasteiger partial charge < -0.3 is 10.1 Å². The molecule has 4 heteroatoms. The topological polar surface area (TPSA) is 34.2 Å². The quantitative estimate of drug-likeness (QED) is 0.786. The molecule has 0 unspecified atom stereocenters. The Hall–Kier alpha value is -1.23. The molecule has 3 nitrogen and oxygen atoms in total. The lowest BCUT2D eigenvalue weighted by Gasteiger charge is -2.02. The predicted octanol–water partition coefficient (Wildman–Crippen LogP) is 3.46. The number of methoxy groups -OCH3 is 1. The van der Waals surface area contributed by atoms with Gasteiger partial charge in [-0.25, -0.2) is 4.98 Å². The minimum absolute atomic E-state index is 0.643. The number of thiazole rings is 1. The van der Waals surface area contributed by atoms with Crippen molar-refractivity contribution in [2.45, 2.75) is 26.5 Å². The molecule has 0 spiro atoms. The molecule has 0 bridgehead atoms. The summed E-state index contributed by atoms with van der Waals surface area (Å²) in [5.41, 5.74) is 2.35. The van der Waals surface area contributed by atoms with E-state index in [1.165, 1.54) is 16.0 Å². The van der Waals surface area contributed by atoms with Crippen LogP contribution in [0.15, 0.2) is 30.5 Å². The summed E-state index contributed by atoms with van der Waals surface area (Å²) in [6.45, 7) is 4.77. The highest BCUT2D eigenvalue weighted by Crippen LogP contribution is 2.26. The Kier molecular flexibility index (Phi) is 5.51. The first-order chi connectivity index (χ1) is 9.33. The third-order valence-electron chi connectivity index (χ3n) is 2.76. The molecule has 0 fully saturated rings. The monoisotopic (exact) mass is 276 g/mol. The standard InChI is InChI=1S/C15H20N2OS/c1-3-7-16-9-14-10-17-15(19-14)13-6-4-5-12(8-13)11-18-2/h4-6,8,10,16H,3,7,9,11H2,1-2H3. The molecule has 0 aliphatic rings. The van der Waals surface area contributed by atoms with E-state index in [4.69, 9.17) is 4.74 Å². The second-order valence-electron chi connectivity index (χ2n) is 4.44. The lowest BCUT2D eigenvalue weighted by molar-refractivity contribution is 0.185.